The zero-order valence-electron chi connectivity index (χ0n) is 14.4. The number of aryl methyl sites for hydroxylation is 1. The van der Waals surface area contributed by atoms with Crippen molar-refractivity contribution in [2.24, 2.45) is 0 Å². The van der Waals surface area contributed by atoms with Crippen LogP contribution in [-0.2, 0) is 15.0 Å². The Hall–Kier alpha value is -2.82. The number of para-hydroxylation sites is 1. The Balaban J connectivity index is 2.16. The number of nitrogens with one attached hydrogen (secondary N) is 2. The number of rotatable bonds is 2. The van der Waals surface area contributed by atoms with Crippen molar-refractivity contribution in [2.75, 3.05) is 16.4 Å². The van der Waals surface area contributed by atoms with Crippen LogP contribution >= 0.6 is 0 Å². The van der Waals surface area contributed by atoms with Gasteiger partial charge in [-0.3, -0.25) is 9.59 Å². The maximum absolute atomic E-state index is 12.2. The summed E-state index contributed by atoms with van der Waals surface area (Å²) in [4.78, 5) is 24.4. The summed E-state index contributed by atoms with van der Waals surface area (Å²) >= 11 is 0. The molecule has 0 fully saturated rings. The lowest BCUT2D eigenvalue weighted by Gasteiger charge is -2.22. The second kappa shape index (κ2) is 6.74. The van der Waals surface area contributed by atoms with Gasteiger partial charge in [0, 0.05) is 5.69 Å². The third-order valence-corrected chi connectivity index (χ3v) is 3.65. The van der Waals surface area contributed by atoms with E-state index in [-0.39, 0.29) is 5.41 Å². The van der Waals surface area contributed by atoms with Gasteiger partial charge in [0.2, 0.25) is 0 Å². The summed E-state index contributed by atoms with van der Waals surface area (Å²) in [6.45, 7) is 8.03. The van der Waals surface area contributed by atoms with Crippen molar-refractivity contribution in [2.45, 2.75) is 33.1 Å². The van der Waals surface area contributed by atoms with Gasteiger partial charge in [0.25, 0.3) is 0 Å². The fourth-order valence-electron chi connectivity index (χ4n) is 2.38. The molecule has 0 saturated heterocycles. The molecule has 0 radical (unpaired) electrons. The lowest BCUT2D eigenvalue weighted by atomic mass is 9.86. The predicted molar refractivity (Wildman–Crippen MR) is 98.0 cm³/mol. The van der Waals surface area contributed by atoms with Gasteiger partial charge in [-0.1, -0.05) is 45.0 Å². The number of anilines is 3. The second-order valence-electron chi connectivity index (χ2n) is 6.79. The summed E-state index contributed by atoms with van der Waals surface area (Å²) in [5.74, 6) is -1.48. The minimum absolute atomic E-state index is 0.151. The zero-order valence-corrected chi connectivity index (χ0v) is 14.4. The third kappa shape index (κ3) is 4.13. The SMILES string of the molecule is Cc1ccc(N)c(NC(=O)C(=O)Nc2ccccc2C(C)(C)C)c1. The fourth-order valence-corrected chi connectivity index (χ4v) is 2.38. The Morgan fingerprint density at radius 1 is 0.917 bits per heavy atom. The van der Waals surface area contributed by atoms with Crippen LogP contribution in [0.15, 0.2) is 42.5 Å². The van der Waals surface area contributed by atoms with Crippen molar-refractivity contribution in [1.29, 1.82) is 0 Å². The largest absolute Gasteiger partial charge is 0.397 e. The average Bonchev–Trinajstić information content (AvgIpc) is 2.50. The van der Waals surface area contributed by atoms with Crippen molar-refractivity contribution < 1.29 is 9.59 Å². The number of nitrogen functional groups attached to an aromatic ring is 1. The molecule has 0 aromatic heterocycles. The minimum atomic E-state index is -0.754. The molecule has 0 aliphatic heterocycles. The Morgan fingerprint density at radius 2 is 1.50 bits per heavy atom. The molecule has 5 heteroatoms. The first-order valence-corrected chi connectivity index (χ1v) is 7.76. The average molecular weight is 325 g/mol. The normalized spacial score (nSPS) is 11.0. The molecule has 2 aromatic rings. The molecule has 0 atom stereocenters. The predicted octanol–water partition coefficient (Wildman–Crippen LogP) is 3.45. The molecule has 5 nitrogen and oxygen atoms in total. The summed E-state index contributed by atoms with van der Waals surface area (Å²) in [7, 11) is 0. The van der Waals surface area contributed by atoms with Crippen LogP contribution in [0.25, 0.3) is 0 Å². The van der Waals surface area contributed by atoms with E-state index in [1.54, 1.807) is 18.2 Å². The topological polar surface area (TPSA) is 84.2 Å². The number of benzene rings is 2. The molecule has 2 rings (SSSR count). The van der Waals surface area contributed by atoms with Gasteiger partial charge in [-0.2, -0.15) is 0 Å². The van der Waals surface area contributed by atoms with E-state index in [4.69, 9.17) is 5.73 Å². The molecule has 0 unspecified atom stereocenters. The van der Waals surface area contributed by atoms with E-state index in [0.29, 0.717) is 17.1 Å². The quantitative estimate of drug-likeness (QED) is 0.584. The summed E-state index contributed by atoms with van der Waals surface area (Å²) in [5.41, 5.74) is 9.05. The highest BCUT2D eigenvalue weighted by atomic mass is 16.2. The van der Waals surface area contributed by atoms with Crippen LogP contribution in [0, 0.1) is 6.92 Å². The maximum atomic E-state index is 12.2. The molecule has 0 bridgehead atoms. The highest BCUT2D eigenvalue weighted by Crippen LogP contribution is 2.29. The number of amides is 2. The molecular weight excluding hydrogens is 302 g/mol. The first-order valence-electron chi connectivity index (χ1n) is 7.76. The molecule has 2 aromatic carbocycles. The molecular formula is C19H23N3O2. The van der Waals surface area contributed by atoms with Gasteiger partial charge in [0.05, 0.1) is 11.4 Å². The Kier molecular flexibility index (Phi) is 4.93. The number of carbonyl (C=O) groups is 2. The molecule has 4 N–H and O–H groups in total. The van der Waals surface area contributed by atoms with Crippen LogP contribution in [0.4, 0.5) is 17.1 Å². The molecule has 0 aliphatic carbocycles. The van der Waals surface area contributed by atoms with Gasteiger partial charge in [-0.05, 0) is 41.7 Å². The first-order chi connectivity index (χ1) is 11.2. The molecule has 0 heterocycles. The van der Waals surface area contributed by atoms with Gasteiger partial charge >= 0.3 is 11.8 Å². The summed E-state index contributed by atoms with van der Waals surface area (Å²) in [6.07, 6.45) is 0. The van der Waals surface area contributed by atoms with E-state index in [1.807, 2.05) is 52.0 Å². The third-order valence-electron chi connectivity index (χ3n) is 3.65. The van der Waals surface area contributed by atoms with E-state index in [0.717, 1.165) is 11.1 Å². The monoisotopic (exact) mass is 325 g/mol. The zero-order chi connectivity index (χ0) is 17.9. The Labute approximate surface area is 142 Å². The highest BCUT2D eigenvalue weighted by Gasteiger charge is 2.21. The molecule has 0 aliphatic rings. The number of nitrogens with two attached hydrogens (primary N) is 1. The molecule has 0 saturated carbocycles. The smallest absolute Gasteiger partial charge is 0.314 e. The van der Waals surface area contributed by atoms with Gasteiger partial charge in [0.1, 0.15) is 0 Å². The number of hydrogen-bond donors (Lipinski definition) is 3. The van der Waals surface area contributed by atoms with Crippen LogP contribution < -0.4 is 16.4 Å². The highest BCUT2D eigenvalue weighted by molar-refractivity contribution is 6.44. The van der Waals surface area contributed by atoms with E-state index in [1.165, 1.54) is 0 Å². The van der Waals surface area contributed by atoms with E-state index < -0.39 is 11.8 Å². The first kappa shape index (κ1) is 17.5. The lowest BCUT2D eigenvalue weighted by Crippen LogP contribution is -2.30. The standard InChI is InChI=1S/C19H23N3O2/c1-12-9-10-14(20)16(11-12)22-18(24)17(23)21-15-8-6-5-7-13(15)19(2,3)4/h5-11H,20H2,1-4H3,(H,21,23)(H,22,24). The van der Waals surface area contributed by atoms with Gasteiger partial charge in [0.15, 0.2) is 0 Å². The van der Waals surface area contributed by atoms with Gasteiger partial charge < -0.3 is 16.4 Å². The fraction of sp³-hybridized carbons (Fsp3) is 0.263. The van der Waals surface area contributed by atoms with Crippen LogP contribution in [0.5, 0.6) is 0 Å². The van der Waals surface area contributed by atoms with Gasteiger partial charge in [-0.25, -0.2) is 0 Å². The molecule has 2 amide bonds. The lowest BCUT2D eigenvalue weighted by molar-refractivity contribution is -0.133. The molecule has 24 heavy (non-hydrogen) atoms. The van der Waals surface area contributed by atoms with Crippen molar-refractivity contribution in [3.8, 4) is 0 Å². The summed E-state index contributed by atoms with van der Waals surface area (Å²) in [6, 6.07) is 12.7. The van der Waals surface area contributed by atoms with Crippen LogP contribution in [0.1, 0.15) is 31.9 Å². The van der Waals surface area contributed by atoms with Crippen molar-refractivity contribution in [3.63, 3.8) is 0 Å². The summed E-state index contributed by atoms with van der Waals surface area (Å²) in [5, 5.41) is 5.23. The van der Waals surface area contributed by atoms with Crippen molar-refractivity contribution in [3.05, 3.63) is 53.6 Å². The number of carbonyl (C=O) groups excluding carboxylic acids is 2. The van der Waals surface area contributed by atoms with Crippen LogP contribution in [-0.4, -0.2) is 11.8 Å². The van der Waals surface area contributed by atoms with E-state index in [9.17, 15) is 9.59 Å². The van der Waals surface area contributed by atoms with E-state index >= 15 is 0 Å². The number of hydrogen-bond acceptors (Lipinski definition) is 3. The van der Waals surface area contributed by atoms with Crippen molar-refractivity contribution in [1.82, 2.24) is 0 Å². The van der Waals surface area contributed by atoms with E-state index in [2.05, 4.69) is 10.6 Å². The summed E-state index contributed by atoms with van der Waals surface area (Å²) < 4.78 is 0. The van der Waals surface area contributed by atoms with Crippen LogP contribution in [0.3, 0.4) is 0 Å². The maximum Gasteiger partial charge on any atom is 0.314 e. The minimum Gasteiger partial charge on any atom is -0.397 e. The second-order valence-corrected chi connectivity index (χ2v) is 6.79. The molecule has 126 valence electrons. The Morgan fingerprint density at radius 3 is 2.12 bits per heavy atom. The van der Waals surface area contributed by atoms with Gasteiger partial charge in [-0.15, -0.1) is 0 Å². The van der Waals surface area contributed by atoms with Crippen molar-refractivity contribution >= 4 is 28.9 Å². The van der Waals surface area contributed by atoms with Crippen LogP contribution in [0.2, 0.25) is 0 Å². The molecule has 0 spiro atoms. The Bertz CT molecular complexity index is 776.